The predicted molar refractivity (Wildman–Crippen MR) is 0 cm³/mol. The molecule has 0 heterocycles. The first-order chi connectivity index (χ1) is 0. The molecule has 0 saturated carbocycles. The number of hydrogen-bond donors (Lipinski definition) is 0. The van der Waals surface area contributed by atoms with Crippen molar-refractivity contribution < 1.29 is 68.0 Å². The van der Waals surface area contributed by atoms with Crippen LogP contribution in [0.1, 0.15) is 0 Å². The van der Waals surface area contributed by atoms with Crippen molar-refractivity contribution in [1.82, 2.24) is 0 Å². The topological polar surface area (TPSA) is 0 Å². The second kappa shape index (κ2) is 19.6. The van der Waals surface area contributed by atoms with E-state index < -0.39 is 0 Å². The molecular weight excluding hydrogens is 229 g/mol. The minimum atomic E-state index is 0. The Balaban J connectivity index is 0. The van der Waals surface area contributed by atoms with Gasteiger partial charge in [0.2, 0.25) is 0 Å². The van der Waals surface area contributed by atoms with Crippen molar-refractivity contribution in [1.29, 1.82) is 0 Å². The standard InChI is InChI=1S/Cr.Cu.Mn.Ni. The first-order valence-electron chi connectivity index (χ1n) is 0. The molecule has 0 rings (SSSR count). The Kier molecular flexibility index (Phi) is 179. The third-order valence-electron chi connectivity index (χ3n) is 0. The van der Waals surface area contributed by atoms with Crippen molar-refractivity contribution in [3.63, 3.8) is 0 Å². The number of hydrogen-bond acceptors (Lipinski definition) is 0. The fourth-order valence-corrected chi connectivity index (χ4v) is 0. The quantitative estimate of drug-likeness (QED) is 0.512. The Morgan fingerprint density at radius 1 is 1.00 bits per heavy atom. The summed E-state index contributed by atoms with van der Waals surface area (Å²) >= 11 is 0. The fraction of sp³-hybridized carbons (Fsp3) is 0. The van der Waals surface area contributed by atoms with Crippen LogP contribution in [-0.4, -0.2) is 0 Å². The summed E-state index contributed by atoms with van der Waals surface area (Å²) in [6, 6.07) is 0. The van der Waals surface area contributed by atoms with Gasteiger partial charge in [-0.3, -0.25) is 0 Å². The Bertz CT molecular complexity index is 8.00. The molecule has 0 atom stereocenters. The molecule has 0 aromatic carbocycles. The van der Waals surface area contributed by atoms with E-state index in [2.05, 4.69) is 0 Å². The first-order valence-corrected chi connectivity index (χ1v) is 0. The first kappa shape index (κ1) is 36.5. The monoisotopic (exact) mass is 228 g/mol. The summed E-state index contributed by atoms with van der Waals surface area (Å²) in [5.41, 5.74) is 0. The molecule has 4 heavy (non-hydrogen) atoms. The van der Waals surface area contributed by atoms with Crippen LogP contribution in [0.2, 0.25) is 0 Å². The molecule has 0 aliphatic heterocycles. The molecule has 0 bridgehead atoms. The Hall–Kier alpha value is 2.06. The van der Waals surface area contributed by atoms with Crippen LogP contribution >= 0.6 is 0 Å². The van der Waals surface area contributed by atoms with Gasteiger partial charge in [0.1, 0.15) is 0 Å². The second-order valence-electron chi connectivity index (χ2n) is 0. The van der Waals surface area contributed by atoms with Gasteiger partial charge in [-0.25, -0.2) is 0 Å². The molecule has 0 spiro atoms. The molecule has 0 aromatic heterocycles. The molecule has 0 saturated heterocycles. The van der Waals surface area contributed by atoms with Gasteiger partial charge in [-0.15, -0.1) is 0 Å². The van der Waals surface area contributed by atoms with Gasteiger partial charge in [-0.2, -0.15) is 0 Å². The molecule has 0 aromatic rings. The normalized spacial score (nSPS) is 0. The van der Waals surface area contributed by atoms with Crippen LogP contribution in [0.4, 0.5) is 0 Å². The van der Waals surface area contributed by atoms with Crippen LogP contribution in [0.25, 0.3) is 0 Å². The molecule has 34 valence electrons. The van der Waals surface area contributed by atoms with Gasteiger partial charge in [0.25, 0.3) is 0 Å². The van der Waals surface area contributed by atoms with E-state index in [9.17, 15) is 0 Å². The maximum Gasteiger partial charge on any atom is 0 e. The Morgan fingerprint density at radius 3 is 1.00 bits per heavy atom. The minimum Gasteiger partial charge on any atom is 0 e. The average molecular weight is 229 g/mol. The Labute approximate surface area is 67.5 Å². The minimum absolute atomic E-state index is 0. The van der Waals surface area contributed by atoms with Crippen LogP contribution in [0.5, 0.6) is 0 Å². The van der Waals surface area contributed by atoms with Crippen LogP contribution < -0.4 is 0 Å². The van der Waals surface area contributed by atoms with Gasteiger partial charge in [-0.05, 0) is 0 Å². The van der Waals surface area contributed by atoms with E-state index in [1.165, 1.54) is 0 Å². The van der Waals surface area contributed by atoms with Gasteiger partial charge in [0, 0.05) is 68.0 Å². The summed E-state index contributed by atoms with van der Waals surface area (Å²) in [5.74, 6) is 0. The summed E-state index contributed by atoms with van der Waals surface area (Å²) in [6.45, 7) is 0. The van der Waals surface area contributed by atoms with Crippen LogP contribution in [0, 0.1) is 0 Å². The van der Waals surface area contributed by atoms with Crippen LogP contribution in [-0.2, 0) is 68.0 Å². The van der Waals surface area contributed by atoms with E-state index in [1.807, 2.05) is 0 Å². The maximum atomic E-state index is 0. The molecule has 0 unspecified atom stereocenters. The van der Waals surface area contributed by atoms with E-state index in [1.54, 1.807) is 0 Å². The SMILES string of the molecule is [Cr].[Cu].[Mn].[Ni]. The van der Waals surface area contributed by atoms with Crippen LogP contribution in [0.15, 0.2) is 0 Å². The van der Waals surface area contributed by atoms with Crippen molar-refractivity contribution in [2.75, 3.05) is 0 Å². The zero-order valence-corrected chi connectivity index (χ0v) is 5.79. The van der Waals surface area contributed by atoms with E-state index >= 15 is 0 Å². The third-order valence-corrected chi connectivity index (χ3v) is 0. The molecule has 0 aliphatic rings. The molecule has 0 nitrogen and oxygen atoms in total. The number of rotatable bonds is 0. The van der Waals surface area contributed by atoms with Gasteiger partial charge >= 0.3 is 0 Å². The smallest absolute Gasteiger partial charge is 0 e. The summed E-state index contributed by atoms with van der Waals surface area (Å²) in [7, 11) is 0. The average Bonchev–Trinajstić information content (AvgIpc) is 0. The molecule has 0 aliphatic carbocycles. The largest absolute Gasteiger partial charge is 0 e. The second-order valence-corrected chi connectivity index (χ2v) is 0. The van der Waals surface area contributed by atoms with Gasteiger partial charge < -0.3 is 0 Å². The van der Waals surface area contributed by atoms with Gasteiger partial charge in [-0.1, -0.05) is 0 Å². The van der Waals surface area contributed by atoms with E-state index in [0.717, 1.165) is 0 Å². The molecule has 0 N–H and O–H groups in total. The summed E-state index contributed by atoms with van der Waals surface area (Å²) in [6.07, 6.45) is 0. The maximum absolute atomic E-state index is 0. The van der Waals surface area contributed by atoms with Gasteiger partial charge in [0.15, 0.2) is 0 Å². The van der Waals surface area contributed by atoms with Crippen molar-refractivity contribution in [3.05, 3.63) is 0 Å². The molecule has 0 fully saturated rings. The van der Waals surface area contributed by atoms with Crippen molar-refractivity contribution >= 4 is 0 Å². The summed E-state index contributed by atoms with van der Waals surface area (Å²) < 4.78 is 0. The van der Waals surface area contributed by atoms with E-state index in [0.29, 0.717) is 0 Å². The molecule has 2 radical (unpaired) electrons. The van der Waals surface area contributed by atoms with Gasteiger partial charge in [0.05, 0.1) is 0 Å². The fourth-order valence-electron chi connectivity index (χ4n) is 0. The molecule has 0 amide bonds. The van der Waals surface area contributed by atoms with E-state index in [4.69, 9.17) is 0 Å². The zero-order chi connectivity index (χ0) is 0. The zero-order valence-electron chi connectivity index (χ0n) is 1.40. The van der Waals surface area contributed by atoms with Crippen molar-refractivity contribution in [2.24, 2.45) is 0 Å². The predicted octanol–water partition coefficient (Wildman–Crippen LogP) is -0.0100. The Morgan fingerprint density at radius 2 is 1.00 bits per heavy atom. The third kappa shape index (κ3) is 8.96. The van der Waals surface area contributed by atoms with Crippen LogP contribution in [0.3, 0.4) is 0 Å². The van der Waals surface area contributed by atoms with E-state index in [-0.39, 0.29) is 68.0 Å². The molecule has 4 heteroatoms. The van der Waals surface area contributed by atoms with Crippen molar-refractivity contribution in [2.45, 2.75) is 0 Å². The molecular formula is CrCuMnNi. The summed E-state index contributed by atoms with van der Waals surface area (Å²) in [5, 5.41) is 0. The van der Waals surface area contributed by atoms with Crippen molar-refractivity contribution in [3.8, 4) is 0 Å². The summed E-state index contributed by atoms with van der Waals surface area (Å²) in [4.78, 5) is 0.